The van der Waals surface area contributed by atoms with E-state index >= 15 is 0 Å². The van der Waals surface area contributed by atoms with Crippen LogP contribution in [0.15, 0.2) is 41.6 Å². The number of nitrogens with zero attached hydrogens (tertiary/aromatic N) is 2. The van der Waals surface area contributed by atoms with Crippen LogP contribution < -0.4 is 15.5 Å². The molecule has 0 aliphatic carbocycles. The maximum atomic E-state index is 12.7. The first-order valence-corrected chi connectivity index (χ1v) is 9.36. The molecule has 0 spiro atoms. The van der Waals surface area contributed by atoms with Crippen molar-refractivity contribution in [2.75, 3.05) is 11.9 Å². The van der Waals surface area contributed by atoms with E-state index in [0.29, 0.717) is 24.5 Å². The van der Waals surface area contributed by atoms with Gasteiger partial charge in [-0.1, -0.05) is 19.9 Å². The van der Waals surface area contributed by atoms with Crippen molar-refractivity contribution in [1.82, 2.24) is 10.4 Å². The largest absolute Gasteiger partial charge is 0.491 e. The van der Waals surface area contributed by atoms with Crippen LogP contribution in [0.5, 0.6) is 5.75 Å². The summed E-state index contributed by atoms with van der Waals surface area (Å²) in [5.41, 5.74) is 6.21. The summed E-state index contributed by atoms with van der Waals surface area (Å²) in [6.07, 6.45) is 2.83. The Morgan fingerprint density at radius 2 is 2.18 bits per heavy atom. The van der Waals surface area contributed by atoms with E-state index in [4.69, 9.17) is 4.74 Å². The lowest BCUT2D eigenvalue weighted by Gasteiger charge is -2.21. The quantitative estimate of drug-likeness (QED) is 0.804. The van der Waals surface area contributed by atoms with Crippen molar-refractivity contribution in [2.24, 2.45) is 11.0 Å². The number of benzene rings is 1. The number of hydrazone groups is 1. The summed E-state index contributed by atoms with van der Waals surface area (Å²) in [7, 11) is 0. The Balaban J connectivity index is 1.78. The first-order chi connectivity index (χ1) is 13.5. The molecule has 2 N–H and O–H groups in total. The van der Waals surface area contributed by atoms with Crippen LogP contribution in [0.25, 0.3) is 0 Å². The van der Waals surface area contributed by atoms with E-state index in [-0.39, 0.29) is 23.4 Å². The van der Waals surface area contributed by atoms with E-state index < -0.39 is 0 Å². The Bertz CT molecular complexity index is 924. The minimum absolute atomic E-state index is 0.0414. The summed E-state index contributed by atoms with van der Waals surface area (Å²) in [5.74, 6) is 0.111. The molecule has 7 nitrogen and oxygen atoms in total. The molecule has 1 unspecified atom stereocenters. The fourth-order valence-electron chi connectivity index (χ4n) is 3.09. The lowest BCUT2D eigenvalue weighted by molar-refractivity contribution is -0.121. The summed E-state index contributed by atoms with van der Waals surface area (Å²) in [6.45, 7) is 6.46. The highest BCUT2D eigenvalue weighted by Crippen LogP contribution is 2.23. The van der Waals surface area contributed by atoms with Gasteiger partial charge in [0.05, 0.1) is 12.3 Å². The number of nitrogens with one attached hydrogen (secondary N) is 2. The summed E-state index contributed by atoms with van der Waals surface area (Å²) < 4.78 is 5.61. The third-order valence-corrected chi connectivity index (χ3v) is 4.47. The number of hydrogen-bond donors (Lipinski definition) is 2. The van der Waals surface area contributed by atoms with Gasteiger partial charge in [0, 0.05) is 29.8 Å². The van der Waals surface area contributed by atoms with Crippen LogP contribution in [-0.2, 0) is 4.79 Å². The maximum Gasteiger partial charge on any atom is 0.278 e. The van der Waals surface area contributed by atoms with Crippen LogP contribution in [0.3, 0.4) is 0 Å². The number of carbonyl (C=O) groups is 2. The highest BCUT2D eigenvalue weighted by Gasteiger charge is 2.23. The van der Waals surface area contributed by atoms with Crippen LogP contribution in [0.4, 0.5) is 5.69 Å². The molecule has 0 radical (unpaired) electrons. The molecule has 0 fully saturated rings. The molecule has 1 aromatic carbocycles. The zero-order chi connectivity index (χ0) is 20.1. The molecule has 0 saturated carbocycles. The van der Waals surface area contributed by atoms with E-state index in [0.717, 1.165) is 23.3 Å². The first-order valence-electron chi connectivity index (χ1n) is 9.36. The predicted molar refractivity (Wildman–Crippen MR) is 108 cm³/mol. The second-order valence-electron chi connectivity index (χ2n) is 6.82. The normalized spacial score (nSPS) is 16.2. The lowest BCUT2D eigenvalue weighted by Crippen LogP contribution is -2.32. The number of ether oxygens (including phenoxy) is 1. The molecule has 146 valence electrons. The van der Waals surface area contributed by atoms with Crippen molar-refractivity contribution in [3.05, 3.63) is 53.3 Å². The fourth-order valence-corrected chi connectivity index (χ4v) is 3.09. The van der Waals surface area contributed by atoms with E-state index in [1.54, 1.807) is 18.3 Å². The number of amides is 2. The van der Waals surface area contributed by atoms with Crippen LogP contribution >= 0.6 is 0 Å². The SMILES string of the molecule is CCCOc1cccnc1C(=O)Nc1ccc(C2=NNC(=O)CC2C)c(C)c1. The second-order valence-corrected chi connectivity index (χ2v) is 6.82. The number of carbonyl (C=O) groups excluding carboxylic acids is 2. The Morgan fingerprint density at radius 1 is 1.36 bits per heavy atom. The number of pyridine rings is 1. The Hall–Kier alpha value is -3.22. The predicted octanol–water partition coefficient (Wildman–Crippen LogP) is 3.29. The summed E-state index contributed by atoms with van der Waals surface area (Å²) in [5, 5.41) is 7.08. The van der Waals surface area contributed by atoms with Crippen LogP contribution in [0, 0.1) is 12.8 Å². The number of aryl methyl sites for hydroxylation is 1. The topological polar surface area (TPSA) is 92.7 Å². The minimum atomic E-state index is -0.325. The molecule has 0 saturated heterocycles. The Morgan fingerprint density at radius 3 is 2.89 bits per heavy atom. The number of anilines is 1. The van der Waals surface area contributed by atoms with Crippen molar-refractivity contribution >= 4 is 23.2 Å². The van der Waals surface area contributed by atoms with E-state index in [2.05, 4.69) is 20.8 Å². The molecule has 2 aromatic rings. The molecular formula is C21H24N4O3. The smallest absolute Gasteiger partial charge is 0.278 e. The van der Waals surface area contributed by atoms with Crippen LogP contribution in [-0.4, -0.2) is 29.1 Å². The molecule has 1 atom stereocenters. The molecule has 3 rings (SSSR count). The van der Waals surface area contributed by atoms with Gasteiger partial charge in [-0.15, -0.1) is 0 Å². The molecule has 0 bridgehead atoms. The third-order valence-electron chi connectivity index (χ3n) is 4.47. The molecule has 2 amide bonds. The van der Waals surface area contributed by atoms with E-state index in [1.165, 1.54) is 0 Å². The molecule has 1 aromatic heterocycles. The minimum Gasteiger partial charge on any atom is -0.491 e. The molecule has 2 heterocycles. The summed E-state index contributed by atoms with van der Waals surface area (Å²) >= 11 is 0. The Labute approximate surface area is 164 Å². The number of hydrogen-bond acceptors (Lipinski definition) is 5. The van der Waals surface area contributed by atoms with Gasteiger partial charge in [0.25, 0.3) is 5.91 Å². The highest BCUT2D eigenvalue weighted by molar-refractivity contribution is 6.08. The first kappa shape index (κ1) is 19.5. The van der Waals surface area contributed by atoms with Gasteiger partial charge in [0.2, 0.25) is 5.91 Å². The molecule has 7 heteroatoms. The van der Waals surface area contributed by atoms with Crippen molar-refractivity contribution in [1.29, 1.82) is 0 Å². The van der Waals surface area contributed by atoms with Gasteiger partial charge < -0.3 is 10.1 Å². The fraction of sp³-hybridized carbons (Fsp3) is 0.333. The van der Waals surface area contributed by atoms with E-state index in [1.807, 2.05) is 39.0 Å². The van der Waals surface area contributed by atoms with Gasteiger partial charge in [-0.2, -0.15) is 5.10 Å². The van der Waals surface area contributed by atoms with Gasteiger partial charge >= 0.3 is 0 Å². The number of aromatic nitrogens is 1. The van der Waals surface area contributed by atoms with Gasteiger partial charge in [0.1, 0.15) is 0 Å². The lowest BCUT2D eigenvalue weighted by atomic mass is 9.91. The second kappa shape index (κ2) is 8.65. The zero-order valence-electron chi connectivity index (χ0n) is 16.3. The molecule has 28 heavy (non-hydrogen) atoms. The molecular weight excluding hydrogens is 356 g/mol. The van der Waals surface area contributed by atoms with Crippen LogP contribution in [0.1, 0.15) is 48.3 Å². The van der Waals surface area contributed by atoms with Crippen molar-refractivity contribution in [3.8, 4) is 5.75 Å². The summed E-state index contributed by atoms with van der Waals surface area (Å²) in [6, 6.07) is 9.09. The van der Waals surface area contributed by atoms with Crippen LogP contribution in [0.2, 0.25) is 0 Å². The van der Waals surface area contributed by atoms with Gasteiger partial charge in [-0.25, -0.2) is 10.4 Å². The molecule has 1 aliphatic heterocycles. The number of rotatable bonds is 6. The third kappa shape index (κ3) is 4.36. The average Bonchev–Trinajstić information content (AvgIpc) is 2.67. The van der Waals surface area contributed by atoms with Gasteiger partial charge in [-0.3, -0.25) is 9.59 Å². The Kier molecular flexibility index (Phi) is 6.03. The highest BCUT2D eigenvalue weighted by atomic mass is 16.5. The monoisotopic (exact) mass is 380 g/mol. The average molecular weight is 380 g/mol. The maximum absolute atomic E-state index is 12.7. The zero-order valence-corrected chi connectivity index (χ0v) is 16.3. The van der Waals surface area contributed by atoms with Crippen molar-refractivity contribution < 1.29 is 14.3 Å². The van der Waals surface area contributed by atoms with Gasteiger partial charge in [0.15, 0.2) is 11.4 Å². The van der Waals surface area contributed by atoms with Crippen molar-refractivity contribution in [2.45, 2.75) is 33.6 Å². The van der Waals surface area contributed by atoms with E-state index in [9.17, 15) is 9.59 Å². The summed E-state index contributed by atoms with van der Waals surface area (Å²) in [4.78, 5) is 28.3. The standard InChI is InChI=1S/C21H24N4O3/c1-4-10-28-17-6-5-9-22-20(17)21(27)23-15-7-8-16(13(2)11-15)19-14(3)12-18(26)24-25-19/h5-9,11,14H,4,10,12H2,1-3H3,(H,23,27)(H,24,26). The van der Waals surface area contributed by atoms with Gasteiger partial charge in [-0.05, 0) is 43.2 Å². The molecule has 1 aliphatic rings. The van der Waals surface area contributed by atoms with Crippen molar-refractivity contribution in [3.63, 3.8) is 0 Å².